The normalized spacial score (nSPS) is 28.9. The number of methoxy groups -OCH3 is 1. The van der Waals surface area contributed by atoms with E-state index < -0.39 is 11.6 Å². The van der Waals surface area contributed by atoms with Crippen molar-refractivity contribution in [2.24, 2.45) is 11.8 Å². The average molecular weight is 414 g/mol. The summed E-state index contributed by atoms with van der Waals surface area (Å²) in [6, 6.07) is 6.63. The van der Waals surface area contributed by atoms with Crippen LogP contribution >= 0.6 is 0 Å². The standard InChI is InChI=1S/C23H31N3O4/c1-3-23(18-8-10-19(30-2)11-9-18)21(28)26(22(29)24-23)15-20(27)25-13-12-16-6-4-5-7-17(16)14-25/h8-11,16-17H,3-7,12-15H2,1-2H3,(H,24,29)/t16-,17+,23-/m0/s1. The smallest absolute Gasteiger partial charge is 0.325 e. The van der Waals surface area contributed by atoms with Gasteiger partial charge in [-0.15, -0.1) is 0 Å². The maximum Gasteiger partial charge on any atom is 0.325 e. The number of amides is 4. The number of piperidine rings is 1. The van der Waals surface area contributed by atoms with E-state index in [2.05, 4.69) is 5.32 Å². The quantitative estimate of drug-likeness (QED) is 0.753. The van der Waals surface area contributed by atoms with Crippen LogP contribution in [0.25, 0.3) is 0 Å². The van der Waals surface area contributed by atoms with Crippen LogP contribution < -0.4 is 10.1 Å². The molecule has 7 nitrogen and oxygen atoms in total. The van der Waals surface area contributed by atoms with Crippen LogP contribution in [-0.2, 0) is 15.1 Å². The fraction of sp³-hybridized carbons (Fsp3) is 0.609. The molecule has 0 aromatic heterocycles. The first kappa shape index (κ1) is 20.7. The largest absolute Gasteiger partial charge is 0.497 e. The molecule has 2 aliphatic heterocycles. The van der Waals surface area contributed by atoms with Crippen LogP contribution in [0.15, 0.2) is 24.3 Å². The van der Waals surface area contributed by atoms with Gasteiger partial charge in [0.1, 0.15) is 17.8 Å². The highest BCUT2D eigenvalue weighted by atomic mass is 16.5. The van der Waals surface area contributed by atoms with E-state index in [0.29, 0.717) is 23.7 Å². The Bertz CT molecular complexity index is 824. The van der Waals surface area contributed by atoms with E-state index in [1.807, 2.05) is 11.8 Å². The fourth-order valence-corrected chi connectivity index (χ4v) is 5.35. The Balaban J connectivity index is 1.47. The average Bonchev–Trinajstić information content (AvgIpc) is 3.03. The Morgan fingerprint density at radius 1 is 1.13 bits per heavy atom. The van der Waals surface area contributed by atoms with E-state index in [1.165, 1.54) is 25.7 Å². The second-order valence-electron chi connectivity index (χ2n) is 8.74. The monoisotopic (exact) mass is 413 g/mol. The highest BCUT2D eigenvalue weighted by Gasteiger charge is 2.52. The number of likely N-dealkylation sites (tertiary alicyclic amines) is 1. The number of benzene rings is 1. The summed E-state index contributed by atoms with van der Waals surface area (Å²) in [5.41, 5.74) is -0.442. The maximum absolute atomic E-state index is 13.3. The molecule has 1 aromatic rings. The van der Waals surface area contributed by atoms with Gasteiger partial charge in [0.15, 0.2) is 0 Å². The zero-order valence-corrected chi connectivity index (χ0v) is 17.9. The van der Waals surface area contributed by atoms with Crippen molar-refractivity contribution in [3.8, 4) is 5.75 Å². The highest BCUT2D eigenvalue weighted by molar-refractivity contribution is 6.09. The highest BCUT2D eigenvalue weighted by Crippen LogP contribution is 2.37. The molecular formula is C23H31N3O4. The van der Waals surface area contributed by atoms with Gasteiger partial charge in [-0.05, 0) is 48.8 Å². The molecule has 2 heterocycles. The van der Waals surface area contributed by atoms with Crippen molar-refractivity contribution in [2.45, 2.75) is 51.0 Å². The van der Waals surface area contributed by atoms with Gasteiger partial charge in [0, 0.05) is 13.1 Å². The Kier molecular flexibility index (Phi) is 5.71. The van der Waals surface area contributed by atoms with Crippen molar-refractivity contribution >= 4 is 17.8 Å². The van der Waals surface area contributed by atoms with Crippen LogP contribution in [0.2, 0.25) is 0 Å². The molecule has 3 fully saturated rings. The molecule has 7 heteroatoms. The number of hydrogen-bond acceptors (Lipinski definition) is 4. The molecular weight excluding hydrogens is 382 g/mol. The number of nitrogens with zero attached hydrogens (tertiary/aromatic N) is 2. The van der Waals surface area contributed by atoms with E-state index in [1.54, 1.807) is 31.4 Å². The molecule has 4 rings (SSSR count). The van der Waals surface area contributed by atoms with E-state index in [9.17, 15) is 14.4 Å². The molecule has 1 saturated carbocycles. The molecule has 2 saturated heterocycles. The predicted octanol–water partition coefficient (Wildman–Crippen LogP) is 2.89. The van der Waals surface area contributed by atoms with Crippen LogP contribution in [0.1, 0.15) is 51.0 Å². The molecule has 1 N–H and O–H groups in total. The third-order valence-electron chi connectivity index (χ3n) is 7.23. The molecule has 1 aromatic carbocycles. The summed E-state index contributed by atoms with van der Waals surface area (Å²) < 4.78 is 5.19. The second-order valence-corrected chi connectivity index (χ2v) is 8.74. The van der Waals surface area contributed by atoms with Crippen LogP contribution in [0, 0.1) is 11.8 Å². The summed E-state index contributed by atoms with van der Waals surface area (Å²) in [5.74, 6) is 1.47. The first-order valence-electron chi connectivity index (χ1n) is 11.0. The molecule has 162 valence electrons. The molecule has 0 bridgehead atoms. The van der Waals surface area contributed by atoms with Crippen molar-refractivity contribution in [2.75, 3.05) is 26.7 Å². The number of nitrogens with one attached hydrogen (secondary N) is 1. The van der Waals surface area contributed by atoms with Gasteiger partial charge >= 0.3 is 6.03 Å². The summed E-state index contributed by atoms with van der Waals surface area (Å²) >= 11 is 0. The van der Waals surface area contributed by atoms with Crippen LogP contribution in [0.4, 0.5) is 4.79 Å². The Morgan fingerprint density at radius 3 is 2.50 bits per heavy atom. The summed E-state index contributed by atoms with van der Waals surface area (Å²) in [5, 5.41) is 2.85. The number of hydrogen-bond donors (Lipinski definition) is 1. The third-order valence-corrected chi connectivity index (χ3v) is 7.23. The van der Waals surface area contributed by atoms with Crippen molar-refractivity contribution in [1.82, 2.24) is 15.1 Å². The zero-order valence-electron chi connectivity index (χ0n) is 17.9. The van der Waals surface area contributed by atoms with Gasteiger partial charge in [0.25, 0.3) is 5.91 Å². The summed E-state index contributed by atoms with van der Waals surface area (Å²) in [6.45, 7) is 3.15. The number of imide groups is 1. The molecule has 30 heavy (non-hydrogen) atoms. The molecule has 1 aliphatic carbocycles. The molecule has 0 radical (unpaired) electrons. The second kappa shape index (κ2) is 8.28. The van der Waals surface area contributed by atoms with Gasteiger partial charge in [-0.3, -0.25) is 14.5 Å². The van der Waals surface area contributed by atoms with Gasteiger partial charge in [-0.1, -0.05) is 38.3 Å². The number of rotatable bonds is 5. The van der Waals surface area contributed by atoms with Crippen molar-refractivity contribution in [3.05, 3.63) is 29.8 Å². The van der Waals surface area contributed by atoms with Crippen molar-refractivity contribution < 1.29 is 19.1 Å². The number of carbonyl (C=O) groups is 3. The first-order valence-corrected chi connectivity index (χ1v) is 11.0. The maximum atomic E-state index is 13.3. The number of carbonyl (C=O) groups excluding carboxylic acids is 3. The van der Waals surface area contributed by atoms with Crippen LogP contribution in [0.3, 0.4) is 0 Å². The SMILES string of the molecule is CC[C@@]1(c2ccc(OC)cc2)NC(=O)N(CC(=O)N2CC[C@@H]3CCCC[C@@H]3C2)C1=O. The predicted molar refractivity (Wildman–Crippen MR) is 112 cm³/mol. The van der Waals surface area contributed by atoms with E-state index in [-0.39, 0.29) is 18.4 Å². The number of ether oxygens (including phenoxy) is 1. The van der Waals surface area contributed by atoms with Crippen molar-refractivity contribution in [3.63, 3.8) is 0 Å². The van der Waals surface area contributed by atoms with Gasteiger partial charge in [0.2, 0.25) is 5.91 Å². The molecule has 3 aliphatic rings. The lowest BCUT2D eigenvalue weighted by molar-refractivity contribution is -0.141. The number of urea groups is 1. The lowest BCUT2D eigenvalue weighted by Crippen LogP contribution is -2.49. The molecule has 0 unspecified atom stereocenters. The minimum absolute atomic E-state index is 0.135. The summed E-state index contributed by atoms with van der Waals surface area (Å²) in [4.78, 5) is 41.9. The van der Waals surface area contributed by atoms with E-state index in [4.69, 9.17) is 4.74 Å². The van der Waals surface area contributed by atoms with Crippen LogP contribution in [-0.4, -0.2) is 54.4 Å². The Labute approximate surface area is 177 Å². The van der Waals surface area contributed by atoms with E-state index >= 15 is 0 Å². The third kappa shape index (κ3) is 3.55. The van der Waals surface area contributed by atoms with Crippen LogP contribution in [0.5, 0.6) is 5.75 Å². The summed E-state index contributed by atoms with van der Waals surface area (Å²) in [7, 11) is 1.58. The Morgan fingerprint density at radius 2 is 1.83 bits per heavy atom. The topological polar surface area (TPSA) is 79.0 Å². The van der Waals surface area contributed by atoms with E-state index in [0.717, 1.165) is 30.3 Å². The molecule has 3 atom stereocenters. The van der Waals surface area contributed by atoms with Gasteiger partial charge in [-0.25, -0.2) is 4.79 Å². The minimum atomic E-state index is -1.14. The first-order chi connectivity index (χ1) is 14.5. The lowest BCUT2D eigenvalue weighted by Gasteiger charge is -2.41. The van der Waals surface area contributed by atoms with Gasteiger partial charge < -0.3 is 15.0 Å². The lowest BCUT2D eigenvalue weighted by atomic mass is 9.75. The van der Waals surface area contributed by atoms with Gasteiger partial charge in [-0.2, -0.15) is 0 Å². The fourth-order valence-electron chi connectivity index (χ4n) is 5.35. The Hall–Kier alpha value is -2.57. The summed E-state index contributed by atoms with van der Waals surface area (Å²) in [6.07, 6.45) is 6.40. The molecule has 4 amide bonds. The van der Waals surface area contributed by atoms with Gasteiger partial charge in [0.05, 0.1) is 7.11 Å². The number of fused-ring (bicyclic) bond motifs is 1. The molecule has 0 spiro atoms. The van der Waals surface area contributed by atoms with Crippen molar-refractivity contribution in [1.29, 1.82) is 0 Å². The zero-order chi connectivity index (χ0) is 21.3. The minimum Gasteiger partial charge on any atom is -0.497 e.